The molecule has 0 aliphatic carbocycles. The van der Waals surface area contributed by atoms with E-state index >= 15 is 0 Å². The Morgan fingerprint density at radius 1 is 1.31 bits per heavy atom. The standard InChI is InChI=1S/C19H22ClF3N4OS/c1-10-5-3-6-11(2)26(10)18(28)16-15(20)17-24-12(13-7-4-8-29-13)9-14(19(21,22)23)27(17)25-16/h4,7-8,10-12,14,24H,3,5-6,9H2,1-2H3/t10-,11-,12+,14+/m0/s1. The van der Waals surface area contributed by atoms with E-state index in [0.29, 0.717) is 0 Å². The molecule has 4 heterocycles. The highest BCUT2D eigenvalue weighted by Crippen LogP contribution is 2.47. The van der Waals surface area contributed by atoms with E-state index in [2.05, 4.69) is 10.4 Å². The molecule has 2 aliphatic heterocycles. The van der Waals surface area contributed by atoms with Gasteiger partial charge in [-0.1, -0.05) is 17.7 Å². The number of amides is 1. The highest BCUT2D eigenvalue weighted by Gasteiger charge is 2.48. The number of aromatic nitrogens is 2. The Kier molecular flexibility index (Phi) is 5.31. The first-order chi connectivity index (χ1) is 13.7. The van der Waals surface area contributed by atoms with Crippen LogP contribution in [0.3, 0.4) is 0 Å². The van der Waals surface area contributed by atoms with E-state index in [9.17, 15) is 18.0 Å². The van der Waals surface area contributed by atoms with Gasteiger partial charge in [0.15, 0.2) is 11.7 Å². The Hall–Kier alpha value is -1.74. The molecule has 1 saturated heterocycles. The Balaban J connectivity index is 1.74. The number of nitrogens with one attached hydrogen (secondary N) is 1. The first-order valence-corrected chi connectivity index (χ1v) is 10.9. The van der Waals surface area contributed by atoms with Gasteiger partial charge in [-0.3, -0.25) is 4.79 Å². The van der Waals surface area contributed by atoms with Gasteiger partial charge in [0.25, 0.3) is 5.91 Å². The minimum atomic E-state index is -4.51. The van der Waals surface area contributed by atoms with Crippen molar-refractivity contribution in [2.45, 2.75) is 69.9 Å². The van der Waals surface area contributed by atoms with Crippen LogP contribution in [0.2, 0.25) is 5.02 Å². The van der Waals surface area contributed by atoms with Crippen LogP contribution < -0.4 is 5.32 Å². The number of fused-ring (bicyclic) bond motifs is 1. The fourth-order valence-electron chi connectivity index (χ4n) is 4.35. The summed E-state index contributed by atoms with van der Waals surface area (Å²) in [6.07, 6.45) is -2.00. The zero-order chi connectivity index (χ0) is 20.9. The summed E-state index contributed by atoms with van der Waals surface area (Å²) in [5, 5.41) is 8.93. The normalized spacial score (nSPS) is 27.4. The summed E-state index contributed by atoms with van der Waals surface area (Å²) in [6, 6.07) is 1.18. The van der Waals surface area contributed by atoms with Crippen LogP contribution in [0.1, 0.15) is 67.0 Å². The third-order valence-corrected chi connectivity index (χ3v) is 7.16. The van der Waals surface area contributed by atoms with Gasteiger partial charge in [0.1, 0.15) is 10.8 Å². The molecule has 29 heavy (non-hydrogen) atoms. The lowest BCUT2D eigenvalue weighted by molar-refractivity contribution is -0.173. The molecule has 1 amide bonds. The number of likely N-dealkylation sites (tertiary alicyclic amines) is 1. The maximum Gasteiger partial charge on any atom is 0.410 e. The van der Waals surface area contributed by atoms with Crippen LogP contribution in [0.15, 0.2) is 17.5 Å². The molecule has 5 nitrogen and oxygen atoms in total. The number of piperidine rings is 1. The van der Waals surface area contributed by atoms with Gasteiger partial charge < -0.3 is 10.2 Å². The lowest BCUT2D eigenvalue weighted by Crippen LogP contribution is -2.47. The maximum atomic E-state index is 13.8. The molecule has 0 bridgehead atoms. The van der Waals surface area contributed by atoms with Gasteiger partial charge in [0.05, 0.1) is 6.04 Å². The van der Waals surface area contributed by atoms with Gasteiger partial charge in [0, 0.05) is 23.4 Å². The lowest BCUT2D eigenvalue weighted by atomic mass is 9.97. The predicted molar refractivity (Wildman–Crippen MR) is 107 cm³/mol. The van der Waals surface area contributed by atoms with E-state index in [4.69, 9.17) is 11.6 Å². The highest BCUT2D eigenvalue weighted by molar-refractivity contribution is 7.10. The van der Waals surface area contributed by atoms with Gasteiger partial charge in [-0.2, -0.15) is 18.3 Å². The largest absolute Gasteiger partial charge is 0.410 e. The molecule has 1 fully saturated rings. The molecule has 0 spiro atoms. The van der Waals surface area contributed by atoms with Crippen molar-refractivity contribution in [1.29, 1.82) is 0 Å². The summed E-state index contributed by atoms with van der Waals surface area (Å²) in [4.78, 5) is 15.7. The molecule has 158 valence electrons. The van der Waals surface area contributed by atoms with Crippen LogP contribution >= 0.6 is 22.9 Å². The average molecular weight is 447 g/mol. The van der Waals surface area contributed by atoms with Gasteiger partial charge in [-0.15, -0.1) is 11.3 Å². The lowest BCUT2D eigenvalue weighted by Gasteiger charge is -2.38. The third-order valence-electron chi connectivity index (χ3n) is 5.81. The molecule has 0 radical (unpaired) electrons. The number of hydrogen-bond donors (Lipinski definition) is 1. The summed E-state index contributed by atoms with van der Waals surface area (Å²) >= 11 is 7.82. The highest BCUT2D eigenvalue weighted by atomic mass is 35.5. The molecule has 2 aliphatic rings. The smallest absolute Gasteiger partial charge is 0.361 e. The second-order valence-electron chi connectivity index (χ2n) is 7.80. The Morgan fingerprint density at radius 3 is 2.59 bits per heavy atom. The third kappa shape index (κ3) is 3.63. The van der Waals surface area contributed by atoms with E-state index in [-0.39, 0.29) is 35.0 Å². The molecule has 10 heteroatoms. The molecular formula is C19H22ClF3N4OS. The van der Waals surface area contributed by atoms with E-state index in [1.165, 1.54) is 11.3 Å². The fraction of sp³-hybridized carbons (Fsp3) is 0.579. The van der Waals surface area contributed by atoms with Crippen LogP contribution in [0, 0.1) is 0 Å². The SMILES string of the molecule is C[C@H]1CCC[C@H](C)N1C(=O)c1nn2c(c1Cl)N[C@@H](c1cccs1)C[C@@H]2C(F)(F)F. The molecule has 2 aromatic heterocycles. The molecule has 2 aromatic rings. The predicted octanol–water partition coefficient (Wildman–Crippen LogP) is 5.66. The number of carbonyl (C=O) groups excluding carboxylic acids is 1. The van der Waals surface area contributed by atoms with Crippen molar-refractivity contribution in [2.24, 2.45) is 0 Å². The summed E-state index contributed by atoms with van der Waals surface area (Å²) < 4.78 is 42.3. The van der Waals surface area contributed by atoms with Crippen molar-refractivity contribution in [3.05, 3.63) is 33.1 Å². The topological polar surface area (TPSA) is 50.2 Å². The number of hydrogen-bond acceptors (Lipinski definition) is 4. The van der Waals surface area contributed by atoms with Crippen LogP contribution in [0.4, 0.5) is 19.0 Å². The Labute approximate surface area is 175 Å². The summed E-state index contributed by atoms with van der Waals surface area (Å²) in [7, 11) is 0. The number of rotatable bonds is 2. The molecule has 4 atom stereocenters. The van der Waals surface area contributed by atoms with Crippen molar-refractivity contribution in [2.75, 3.05) is 5.32 Å². The number of thiophene rings is 1. The quantitative estimate of drug-likeness (QED) is 0.647. The van der Waals surface area contributed by atoms with Gasteiger partial charge in [-0.05, 0) is 44.6 Å². The van der Waals surface area contributed by atoms with E-state index in [1.54, 1.807) is 17.0 Å². The second-order valence-corrected chi connectivity index (χ2v) is 9.16. The Bertz CT molecular complexity index is 888. The first kappa shape index (κ1) is 20.5. The average Bonchev–Trinajstić information content (AvgIpc) is 3.28. The summed E-state index contributed by atoms with van der Waals surface area (Å²) in [5.41, 5.74) is -0.115. The van der Waals surface area contributed by atoms with Crippen LogP contribution in [0.5, 0.6) is 0 Å². The monoisotopic (exact) mass is 446 g/mol. The molecule has 4 rings (SSSR count). The van der Waals surface area contributed by atoms with Crippen molar-refractivity contribution in [3.63, 3.8) is 0 Å². The van der Waals surface area contributed by atoms with Crippen LogP contribution in [0.25, 0.3) is 0 Å². The number of carbonyl (C=O) groups is 1. The number of anilines is 1. The zero-order valence-corrected chi connectivity index (χ0v) is 17.6. The molecule has 0 unspecified atom stereocenters. The molecule has 1 N–H and O–H groups in total. The van der Waals surface area contributed by atoms with Crippen LogP contribution in [-0.2, 0) is 0 Å². The molecule has 0 aromatic carbocycles. The number of alkyl halides is 3. The summed E-state index contributed by atoms with van der Waals surface area (Å²) in [5.74, 6) is -0.355. The Morgan fingerprint density at radius 2 is 2.00 bits per heavy atom. The summed E-state index contributed by atoms with van der Waals surface area (Å²) in [6.45, 7) is 3.89. The molecular weight excluding hydrogens is 425 g/mol. The molecule has 0 saturated carbocycles. The first-order valence-electron chi connectivity index (χ1n) is 9.65. The minimum absolute atomic E-state index is 0.00807. The van der Waals surface area contributed by atoms with E-state index < -0.39 is 24.2 Å². The van der Waals surface area contributed by atoms with Crippen molar-refractivity contribution in [1.82, 2.24) is 14.7 Å². The van der Waals surface area contributed by atoms with Crippen molar-refractivity contribution >= 4 is 34.7 Å². The van der Waals surface area contributed by atoms with Gasteiger partial charge >= 0.3 is 6.18 Å². The van der Waals surface area contributed by atoms with E-state index in [0.717, 1.165) is 28.8 Å². The second kappa shape index (κ2) is 7.50. The van der Waals surface area contributed by atoms with Gasteiger partial charge in [-0.25, -0.2) is 4.68 Å². The van der Waals surface area contributed by atoms with Gasteiger partial charge in [0.2, 0.25) is 0 Å². The fourth-order valence-corrected chi connectivity index (χ4v) is 5.40. The van der Waals surface area contributed by atoms with Crippen LogP contribution in [-0.4, -0.2) is 38.8 Å². The van der Waals surface area contributed by atoms with E-state index in [1.807, 2.05) is 19.2 Å². The zero-order valence-electron chi connectivity index (χ0n) is 16.0. The number of nitrogens with zero attached hydrogens (tertiary/aromatic N) is 3. The maximum absolute atomic E-state index is 13.8. The van der Waals surface area contributed by atoms with Crippen molar-refractivity contribution < 1.29 is 18.0 Å². The minimum Gasteiger partial charge on any atom is -0.361 e. The number of halogens is 4. The van der Waals surface area contributed by atoms with Crippen molar-refractivity contribution in [3.8, 4) is 0 Å².